The Hall–Kier alpha value is -2.55. The largest absolute Gasteiger partial charge is 0.480 e. The maximum Gasteiger partial charge on any atom is 0.416 e. The number of alkyl halides is 3. The molecule has 28 heavy (non-hydrogen) atoms. The zero-order valence-electron chi connectivity index (χ0n) is 15.3. The van der Waals surface area contributed by atoms with Crippen LogP contribution in [0.4, 0.5) is 24.5 Å². The summed E-state index contributed by atoms with van der Waals surface area (Å²) in [6, 6.07) is 7.95. The van der Waals surface area contributed by atoms with Gasteiger partial charge in [-0.25, -0.2) is 0 Å². The number of carbonyl (C=O) groups is 2. The molecule has 0 aliphatic carbocycles. The minimum atomic E-state index is -4.59. The van der Waals surface area contributed by atoms with Crippen LogP contribution in [0.2, 0.25) is 0 Å². The highest BCUT2D eigenvalue weighted by Gasteiger charge is 2.31. The lowest BCUT2D eigenvalue weighted by molar-refractivity contribution is -0.137. The molecule has 9 heteroatoms. The van der Waals surface area contributed by atoms with E-state index in [1.165, 1.54) is 13.8 Å². The molecular weight excluding hydrogens is 441 g/mol. The first kappa shape index (κ1) is 21.7. The van der Waals surface area contributed by atoms with Crippen molar-refractivity contribution in [1.82, 2.24) is 0 Å². The smallest absolute Gasteiger partial charge is 0.416 e. The van der Waals surface area contributed by atoms with Crippen LogP contribution in [-0.2, 0) is 15.8 Å². The zero-order chi connectivity index (χ0) is 21.1. The molecule has 1 atom stereocenters. The van der Waals surface area contributed by atoms with Gasteiger partial charge < -0.3 is 15.4 Å². The standard InChI is InChI=1S/C19H18BrF3N2O3/c1-10-4-7-17(14(20)8-10)28-11(2)18(27)25-16-9-13(19(21,22)23)5-6-15(16)24-12(3)26/h4-9,11H,1-3H3,(H,24,26)(H,25,27). The number of rotatable bonds is 5. The zero-order valence-corrected chi connectivity index (χ0v) is 16.9. The van der Waals surface area contributed by atoms with Crippen molar-refractivity contribution >= 4 is 39.1 Å². The molecule has 5 nitrogen and oxygen atoms in total. The Bertz CT molecular complexity index is 900. The van der Waals surface area contributed by atoms with Crippen LogP contribution in [0.25, 0.3) is 0 Å². The molecule has 150 valence electrons. The van der Waals surface area contributed by atoms with Crippen molar-refractivity contribution in [3.05, 3.63) is 52.0 Å². The topological polar surface area (TPSA) is 67.4 Å². The van der Waals surface area contributed by atoms with Gasteiger partial charge in [0.2, 0.25) is 5.91 Å². The Kier molecular flexibility index (Phi) is 6.71. The number of ether oxygens (including phenoxy) is 1. The molecule has 0 bridgehead atoms. The SMILES string of the molecule is CC(=O)Nc1ccc(C(F)(F)F)cc1NC(=O)C(C)Oc1ccc(C)cc1Br. The molecule has 0 spiro atoms. The summed E-state index contributed by atoms with van der Waals surface area (Å²) >= 11 is 3.33. The van der Waals surface area contributed by atoms with Crippen LogP contribution in [0.5, 0.6) is 5.75 Å². The maximum absolute atomic E-state index is 13.0. The van der Waals surface area contributed by atoms with Gasteiger partial charge in [-0.15, -0.1) is 0 Å². The molecule has 1 unspecified atom stereocenters. The van der Waals surface area contributed by atoms with Crippen molar-refractivity contribution in [2.45, 2.75) is 33.1 Å². The predicted octanol–water partition coefficient (Wildman–Crippen LogP) is 5.14. The first-order valence-corrected chi connectivity index (χ1v) is 8.99. The lowest BCUT2D eigenvalue weighted by Crippen LogP contribution is -2.30. The summed E-state index contributed by atoms with van der Waals surface area (Å²) in [7, 11) is 0. The molecule has 0 heterocycles. The van der Waals surface area contributed by atoms with E-state index in [1.54, 1.807) is 12.1 Å². The molecule has 0 saturated carbocycles. The van der Waals surface area contributed by atoms with Crippen LogP contribution in [0, 0.1) is 6.92 Å². The lowest BCUT2D eigenvalue weighted by Gasteiger charge is -2.18. The molecule has 2 N–H and O–H groups in total. The van der Waals surface area contributed by atoms with E-state index < -0.39 is 29.7 Å². The number of aryl methyl sites for hydroxylation is 1. The van der Waals surface area contributed by atoms with E-state index in [1.807, 2.05) is 13.0 Å². The summed E-state index contributed by atoms with van der Waals surface area (Å²) in [4.78, 5) is 23.7. The molecule has 0 aromatic heterocycles. The number of carbonyl (C=O) groups excluding carboxylic acids is 2. The van der Waals surface area contributed by atoms with E-state index in [2.05, 4.69) is 26.6 Å². The summed E-state index contributed by atoms with van der Waals surface area (Å²) in [5.41, 5.74) is -0.0852. The summed E-state index contributed by atoms with van der Waals surface area (Å²) in [6.07, 6.45) is -5.60. The van der Waals surface area contributed by atoms with Gasteiger partial charge in [-0.05, 0) is 65.7 Å². The molecule has 0 aliphatic rings. The summed E-state index contributed by atoms with van der Waals surface area (Å²) in [6.45, 7) is 4.57. The van der Waals surface area contributed by atoms with Gasteiger partial charge in [0.1, 0.15) is 5.75 Å². The highest BCUT2D eigenvalue weighted by Crippen LogP contribution is 2.34. The van der Waals surface area contributed by atoms with Crippen LogP contribution >= 0.6 is 15.9 Å². The van der Waals surface area contributed by atoms with Crippen LogP contribution in [0.15, 0.2) is 40.9 Å². The Labute approximate surface area is 168 Å². The van der Waals surface area contributed by atoms with Crippen molar-refractivity contribution in [3.8, 4) is 5.75 Å². The fraction of sp³-hybridized carbons (Fsp3) is 0.263. The van der Waals surface area contributed by atoms with Crippen LogP contribution < -0.4 is 15.4 Å². The van der Waals surface area contributed by atoms with Gasteiger partial charge in [0, 0.05) is 6.92 Å². The molecule has 2 rings (SSSR count). The molecule has 0 fully saturated rings. The Balaban J connectivity index is 2.23. The van der Waals surface area contributed by atoms with Crippen molar-refractivity contribution in [2.24, 2.45) is 0 Å². The first-order chi connectivity index (χ1) is 13.0. The fourth-order valence-electron chi connectivity index (χ4n) is 2.30. The monoisotopic (exact) mass is 458 g/mol. The normalized spacial score (nSPS) is 12.2. The van der Waals surface area contributed by atoms with Gasteiger partial charge in [-0.2, -0.15) is 13.2 Å². The maximum atomic E-state index is 13.0. The number of hydrogen-bond donors (Lipinski definition) is 2. The highest BCUT2D eigenvalue weighted by molar-refractivity contribution is 9.10. The van der Waals surface area contributed by atoms with E-state index in [0.29, 0.717) is 10.2 Å². The quantitative estimate of drug-likeness (QED) is 0.651. The third kappa shape index (κ3) is 5.72. The van der Waals surface area contributed by atoms with Gasteiger partial charge in [0.15, 0.2) is 6.10 Å². The number of benzene rings is 2. The second-order valence-electron chi connectivity index (χ2n) is 6.12. The number of halogens is 4. The second-order valence-corrected chi connectivity index (χ2v) is 6.98. The minimum absolute atomic E-state index is 0.0533. The van der Waals surface area contributed by atoms with Crippen LogP contribution in [0.3, 0.4) is 0 Å². The summed E-state index contributed by atoms with van der Waals surface area (Å²) in [5, 5.41) is 4.78. The van der Waals surface area contributed by atoms with Gasteiger partial charge >= 0.3 is 6.18 Å². The predicted molar refractivity (Wildman–Crippen MR) is 103 cm³/mol. The van der Waals surface area contributed by atoms with E-state index in [4.69, 9.17) is 4.74 Å². The average Bonchev–Trinajstić information content (AvgIpc) is 2.57. The average molecular weight is 459 g/mol. The minimum Gasteiger partial charge on any atom is -0.480 e. The Morgan fingerprint density at radius 1 is 1.07 bits per heavy atom. The summed E-state index contributed by atoms with van der Waals surface area (Å²) in [5.74, 6) is -0.735. The highest BCUT2D eigenvalue weighted by atomic mass is 79.9. The third-order valence-electron chi connectivity index (χ3n) is 3.68. The molecular formula is C19H18BrF3N2O3. The third-order valence-corrected chi connectivity index (χ3v) is 4.30. The number of nitrogens with one attached hydrogen (secondary N) is 2. The number of anilines is 2. The number of amides is 2. The van der Waals surface area contributed by atoms with Crippen molar-refractivity contribution < 1.29 is 27.5 Å². The summed E-state index contributed by atoms with van der Waals surface area (Å²) < 4.78 is 45.2. The second kappa shape index (κ2) is 8.64. The van der Waals surface area contributed by atoms with Crippen molar-refractivity contribution in [2.75, 3.05) is 10.6 Å². The first-order valence-electron chi connectivity index (χ1n) is 8.20. The van der Waals surface area contributed by atoms with E-state index in [-0.39, 0.29) is 11.4 Å². The molecule has 0 aliphatic heterocycles. The molecule has 2 aromatic carbocycles. The van der Waals surface area contributed by atoms with E-state index >= 15 is 0 Å². The van der Waals surface area contributed by atoms with Crippen molar-refractivity contribution in [3.63, 3.8) is 0 Å². The van der Waals surface area contributed by atoms with Crippen LogP contribution in [-0.4, -0.2) is 17.9 Å². The van der Waals surface area contributed by atoms with Gasteiger partial charge in [-0.1, -0.05) is 6.07 Å². The van der Waals surface area contributed by atoms with Gasteiger partial charge in [0.05, 0.1) is 21.4 Å². The number of hydrogen-bond acceptors (Lipinski definition) is 3. The van der Waals surface area contributed by atoms with Crippen molar-refractivity contribution in [1.29, 1.82) is 0 Å². The molecule has 2 aromatic rings. The lowest BCUT2D eigenvalue weighted by atomic mass is 10.1. The van der Waals surface area contributed by atoms with Gasteiger partial charge in [0.25, 0.3) is 5.91 Å². The van der Waals surface area contributed by atoms with Crippen LogP contribution in [0.1, 0.15) is 25.0 Å². The molecule has 2 amide bonds. The molecule has 0 radical (unpaired) electrons. The van der Waals surface area contributed by atoms with E-state index in [9.17, 15) is 22.8 Å². The Morgan fingerprint density at radius 3 is 2.32 bits per heavy atom. The van der Waals surface area contributed by atoms with Gasteiger partial charge in [-0.3, -0.25) is 9.59 Å². The van der Waals surface area contributed by atoms with E-state index in [0.717, 1.165) is 23.8 Å². The molecule has 0 saturated heterocycles. The fourth-order valence-corrected chi connectivity index (χ4v) is 2.89. The Morgan fingerprint density at radius 2 is 1.75 bits per heavy atom.